The average molecular weight is 176 g/mol. The summed E-state index contributed by atoms with van der Waals surface area (Å²) in [7, 11) is 0. The minimum Gasteiger partial charge on any atom is -0.376 e. The Labute approximate surface area is 77.5 Å². The first-order chi connectivity index (χ1) is 6.40. The summed E-state index contributed by atoms with van der Waals surface area (Å²) in [5.41, 5.74) is 3.71. The molecule has 0 spiro atoms. The Morgan fingerprint density at radius 2 is 2.31 bits per heavy atom. The van der Waals surface area contributed by atoms with Crippen LogP contribution in [0.15, 0.2) is 18.2 Å². The second kappa shape index (κ2) is 3.71. The van der Waals surface area contributed by atoms with Gasteiger partial charge in [0, 0.05) is 6.42 Å². The van der Waals surface area contributed by atoms with Crippen LogP contribution in [0.2, 0.25) is 0 Å². The maximum atomic E-state index is 10.3. The van der Waals surface area contributed by atoms with Crippen LogP contribution in [-0.2, 0) is 29.0 Å². The minimum atomic E-state index is 0.522. The summed E-state index contributed by atoms with van der Waals surface area (Å²) >= 11 is 0. The third-order valence-corrected chi connectivity index (χ3v) is 2.36. The maximum Gasteiger partial charge on any atom is 0.124 e. The molecule has 1 aromatic carbocycles. The Morgan fingerprint density at radius 3 is 3.15 bits per heavy atom. The number of hydrogen-bond donors (Lipinski definition) is 0. The second-order valence-electron chi connectivity index (χ2n) is 3.28. The fraction of sp³-hybridized carbons (Fsp3) is 0.364. The number of benzene rings is 1. The zero-order valence-electron chi connectivity index (χ0n) is 7.45. The van der Waals surface area contributed by atoms with Crippen molar-refractivity contribution in [2.45, 2.75) is 19.4 Å². The molecule has 2 rings (SSSR count). The largest absolute Gasteiger partial charge is 0.376 e. The number of rotatable bonds is 2. The average Bonchev–Trinajstić information content (AvgIpc) is 2.18. The fourth-order valence-corrected chi connectivity index (χ4v) is 1.64. The minimum absolute atomic E-state index is 0.522. The van der Waals surface area contributed by atoms with E-state index in [1.165, 1.54) is 11.1 Å². The van der Waals surface area contributed by atoms with Gasteiger partial charge in [0.15, 0.2) is 0 Å². The molecule has 0 radical (unpaired) electrons. The molecular weight excluding hydrogens is 164 g/mol. The molecular formula is C11H12O2. The van der Waals surface area contributed by atoms with Crippen LogP contribution in [0, 0.1) is 0 Å². The van der Waals surface area contributed by atoms with Gasteiger partial charge in [-0.05, 0) is 23.1 Å². The first-order valence-corrected chi connectivity index (χ1v) is 4.52. The van der Waals surface area contributed by atoms with Gasteiger partial charge >= 0.3 is 0 Å². The summed E-state index contributed by atoms with van der Waals surface area (Å²) in [6.45, 7) is 1.52. The summed E-state index contributed by atoms with van der Waals surface area (Å²) in [5, 5.41) is 0. The van der Waals surface area contributed by atoms with Crippen molar-refractivity contribution < 1.29 is 9.53 Å². The van der Waals surface area contributed by atoms with Crippen LogP contribution < -0.4 is 0 Å². The highest BCUT2D eigenvalue weighted by Gasteiger charge is 2.08. The van der Waals surface area contributed by atoms with E-state index in [9.17, 15) is 4.79 Å². The number of fused-ring (bicyclic) bond motifs is 1. The van der Waals surface area contributed by atoms with Crippen molar-refractivity contribution >= 4 is 6.29 Å². The van der Waals surface area contributed by atoms with E-state index in [1.54, 1.807) is 0 Å². The van der Waals surface area contributed by atoms with E-state index in [4.69, 9.17) is 4.74 Å². The van der Waals surface area contributed by atoms with Crippen LogP contribution in [-0.4, -0.2) is 12.9 Å². The fourth-order valence-electron chi connectivity index (χ4n) is 1.64. The quantitative estimate of drug-likeness (QED) is 0.638. The first kappa shape index (κ1) is 8.45. The van der Waals surface area contributed by atoms with E-state index in [0.29, 0.717) is 6.42 Å². The Bertz CT molecular complexity index is 318. The molecule has 0 saturated carbocycles. The monoisotopic (exact) mass is 176 g/mol. The van der Waals surface area contributed by atoms with Gasteiger partial charge in [0.25, 0.3) is 0 Å². The van der Waals surface area contributed by atoms with Crippen LogP contribution in [0.3, 0.4) is 0 Å². The molecule has 1 heterocycles. The maximum absolute atomic E-state index is 10.3. The van der Waals surface area contributed by atoms with Gasteiger partial charge in [0.05, 0.1) is 13.2 Å². The van der Waals surface area contributed by atoms with Crippen LogP contribution in [0.4, 0.5) is 0 Å². The lowest BCUT2D eigenvalue weighted by Gasteiger charge is -2.16. The molecule has 68 valence electrons. The molecule has 0 aromatic heterocycles. The van der Waals surface area contributed by atoms with Crippen LogP contribution in [0.25, 0.3) is 0 Å². The highest BCUT2D eigenvalue weighted by atomic mass is 16.5. The van der Waals surface area contributed by atoms with Gasteiger partial charge in [0.2, 0.25) is 0 Å². The summed E-state index contributed by atoms with van der Waals surface area (Å²) < 4.78 is 5.33. The SMILES string of the molecule is O=CCc1ccc2c(c1)CCOC2. The van der Waals surface area contributed by atoms with Gasteiger partial charge in [-0.25, -0.2) is 0 Å². The summed E-state index contributed by atoms with van der Waals surface area (Å²) in [6, 6.07) is 6.18. The van der Waals surface area contributed by atoms with Gasteiger partial charge < -0.3 is 9.53 Å². The summed E-state index contributed by atoms with van der Waals surface area (Å²) in [6.07, 6.45) is 2.44. The number of ether oxygens (including phenoxy) is 1. The van der Waals surface area contributed by atoms with E-state index in [0.717, 1.165) is 31.5 Å². The third kappa shape index (κ3) is 1.78. The van der Waals surface area contributed by atoms with E-state index < -0.39 is 0 Å². The molecule has 2 nitrogen and oxygen atoms in total. The molecule has 2 heteroatoms. The van der Waals surface area contributed by atoms with Crippen LogP contribution >= 0.6 is 0 Å². The van der Waals surface area contributed by atoms with Gasteiger partial charge in [-0.15, -0.1) is 0 Å². The van der Waals surface area contributed by atoms with Gasteiger partial charge in [-0.1, -0.05) is 18.2 Å². The van der Waals surface area contributed by atoms with Crippen LogP contribution in [0.1, 0.15) is 16.7 Å². The van der Waals surface area contributed by atoms with Gasteiger partial charge in [0.1, 0.15) is 6.29 Å². The van der Waals surface area contributed by atoms with Crippen molar-refractivity contribution in [1.29, 1.82) is 0 Å². The zero-order valence-corrected chi connectivity index (χ0v) is 7.45. The number of aldehydes is 1. The Hall–Kier alpha value is -1.15. The van der Waals surface area contributed by atoms with Crippen molar-refractivity contribution in [2.24, 2.45) is 0 Å². The van der Waals surface area contributed by atoms with Crippen molar-refractivity contribution in [1.82, 2.24) is 0 Å². The lowest BCUT2D eigenvalue weighted by Crippen LogP contribution is -2.10. The first-order valence-electron chi connectivity index (χ1n) is 4.52. The lowest BCUT2D eigenvalue weighted by molar-refractivity contribution is -0.107. The third-order valence-electron chi connectivity index (χ3n) is 2.36. The van der Waals surface area contributed by atoms with Gasteiger partial charge in [-0.3, -0.25) is 0 Å². The number of carbonyl (C=O) groups excluding carboxylic acids is 1. The zero-order chi connectivity index (χ0) is 9.10. The molecule has 1 aliphatic rings. The van der Waals surface area contributed by atoms with E-state index in [-0.39, 0.29) is 0 Å². The van der Waals surface area contributed by atoms with E-state index in [1.807, 2.05) is 6.07 Å². The molecule has 0 unspecified atom stereocenters. The Morgan fingerprint density at radius 1 is 1.38 bits per heavy atom. The predicted molar refractivity (Wildman–Crippen MR) is 49.6 cm³/mol. The normalized spacial score (nSPS) is 15.1. The van der Waals surface area contributed by atoms with Crippen molar-refractivity contribution in [2.75, 3.05) is 6.61 Å². The van der Waals surface area contributed by atoms with Crippen molar-refractivity contribution in [3.05, 3.63) is 34.9 Å². The Kier molecular flexibility index (Phi) is 2.41. The molecule has 0 aliphatic carbocycles. The number of hydrogen-bond acceptors (Lipinski definition) is 2. The molecule has 13 heavy (non-hydrogen) atoms. The highest BCUT2D eigenvalue weighted by Crippen LogP contribution is 2.18. The molecule has 0 atom stereocenters. The van der Waals surface area contributed by atoms with E-state index >= 15 is 0 Å². The van der Waals surface area contributed by atoms with Crippen molar-refractivity contribution in [3.63, 3.8) is 0 Å². The Balaban J connectivity index is 2.29. The van der Waals surface area contributed by atoms with Crippen molar-refractivity contribution in [3.8, 4) is 0 Å². The van der Waals surface area contributed by atoms with Gasteiger partial charge in [-0.2, -0.15) is 0 Å². The smallest absolute Gasteiger partial charge is 0.124 e. The molecule has 0 N–H and O–H groups in total. The van der Waals surface area contributed by atoms with Crippen LogP contribution in [0.5, 0.6) is 0 Å². The summed E-state index contributed by atoms with van der Waals surface area (Å²) in [4.78, 5) is 10.3. The standard InChI is InChI=1S/C11H12O2/c12-5-3-9-1-2-11-8-13-6-4-10(11)7-9/h1-2,5,7H,3-4,6,8H2. The topological polar surface area (TPSA) is 26.3 Å². The highest BCUT2D eigenvalue weighted by molar-refractivity contribution is 5.55. The molecule has 1 aliphatic heterocycles. The number of carbonyl (C=O) groups is 1. The lowest BCUT2D eigenvalue weighted by atomic mass is 9.99. The molecule has 0 bridgehead atoms. The summed E-state index contributed by atoms with van der Waals surface area (Å²) in [5.74, 6) is 0. The second-order valence-corrected chi connectivity index (χ2v) is 3.28. The molecule has 0 fully saturated rings. The molecule has 1 aromatic rings. The predicted octanol–water partition coefficient (Wildman–Crippen LogP) is 1.50. The molecule has 0 amide bonds. The molecule has 0 saturated heterocycles. The van der Waals surface area contributed by atoms with E-state index in [2.05, 4.69) is 12.1 Å².